The Balaban J connectivity index is 0.00000385. The fraction of sp³-hybridized carbons (Fsp3) is 0.458. The van der Waals surface area contributed by atoms with Gasteiger partial charge >= 0.3 is 0 Å². The molecule has 1 aromatic carbocycles. The second-order valence-electron chi connectivity index (χ2n) is 7.75. The normalized spacial score (nSPS) is 11.2. The zero-order valence-corrected chi connectivity index (χ0v) is 22.3. The van der Waals surface area contributed by atoms with Gasteiger partial charge in [-0.3, -0.25) is 4.99 Å². The van der Waals surface area contributed by atoms with Crippen LogP contribution >= 0.6 is 24.0 Å². The third-order valence-electron chi connectivity index (χ3n) is 5.27. The van der Waals surface area contributed by atoms with Crippen molar-refractivity contribution in [2.45, 2.75) is 39.2 Å². The molecule has 9 heteroatoms. The predicted octanol–water partition coefficient (Wildman–Crippen LogP) is 4.51. The Hall–Kier alpha value is -2.56. The zero-order valence-electron chi connectivity index (χ0n) is 20.0. The second-order valence-corrected chi connectivity index (χ2v) is 7.75. The maximum absolute atomic E-state index is 5.40. The molecule has 3 rings (SSSR count). The molecule has 0 saturated heterocycles. The summed E-state index contributed by atoms with van der Waals surface area (Å²) in [6, 6.07) is 11.9. The highest BCUT2D eigenvalue weighted by molar-refractivity contribution is 14.0. The van der Waals surface area contributed by atoms with Crippen LogP contribution in [-0.2, 0) is 20.0 Å². The third kappa shape index (κ3) is 8.06. The second kappa shape index (κ2) is 13.9. The van der Waals surface area contributed by atoms with E-state index >= 15 is 0 Å². The van der Waals surface area contributed by atoms with Crippen LogP contribution < -0.4 is 10.1 Å². The molecule has 0 aliphatic heterocycles. The van der Waals surface area contributed by atoms with E-state index in [2.05, 4.69) is 64.3 Å². The summed E-state index contributed by atoms with van der Waals surface area (Å²) in [6.45, 7) is 4.56. The van der Waals surface area contributed by atoms with Gasteiger partial charge in [0.05, 0.1) is 13.7 Å². The van der Waals surface area contributed by atoms with E-state index < -0.39 is 0 Å². The number of guanidine groups is 1. The van der Waals surface area contributed by atoms with Gasteiger partial charge in [0, 0.05) is 51.1 Å². The minimum atomic E-state index is 0. The third-order valence-corrected chi connectivity index (χ3v) is 5.27. The highest BCUT2D eigenvalue weighted by atomic mass is 127. The lowest BCUT2D eigenvalue weighted by molar-refractivity contribution is 0.374. The number of aliphatic imine (C=N–C) groups is 1. The van der Waals surface area contributed by atoms with E-state index in [4.69, 9.17) is 14.3 Å². The first kappa shape index (κ1) is 26.7. The van der Waals surface area contributed by atoms with Crippen LogP contribution in [0.5, 0.6) is 5.75 Å². The molecule has 0 aliphatic carbocycles. The maximum Gasteiger partial charge on any atom is 0.226 e. The first-order chi connectivity index (χ1) is 15.6. The summed E-state index contributed by atoms with van der Waals surface area (Å²) in [4.78, 5) is 11.5. The summed E-state index contributed by atoms with van der Waals surface area (Å²) in [6.07, 6.45) is 5.92. The van der Waals surface area contributed by atoms with Crippen LogP contribution in [0.25, 0.3) is 11.4 Å². The van der Waals surface area contributed by atoms with Gasteiger partial charge in [-0.2, -0.15) is 4.98 Å². The van der Waals surface area contributed by atoms with E-state index in [1.807, 2.05) is 24.3 Å². The van der Waals surface area contributed by atoms with Crippen LogP contribution in [-0.4, -0.2) is 52.8 Å². The van der Waals surface area contributed by atoms with Crippen molar-refractivity contribution < 1.29 is 9.26 Å². The van der Waals surface area contributed by atoms with Crippen molar-refractivity contribution in [2.75, 3.05) is 27.2 Å². The van der Waals surface area contributed by atoms with E-state index in [-0.39, 0.29) is 24.0 Å². The number of ether oxygens (including phenoxy) is 1. The number of rotatable bonds is 11. The van der Waals surface area contributed by atoms with Gasteiger partial charge in [-0.05, 0) is 56.2 Å². The van der Waals surface area contributed by atoms with E-state index in [9.17, 15) is 0 Å². The van der Waals surface area contributed by atoms with Gasteiger partial charge in [0.1, 0.15) is 5.75 Å². The summed E-state index contributed by atoms with van der Waals surface area (Å²) in [5, 5.41) is 7.47. The van der Waals surface area contributed by atoms with Crippen molar-refractivity contribution in [3.05, 3.63) is 54.2 Å². The number of hydrogen-bond acceptors (Lipinski definition) is 5. The van der Waals surface area contributed by atoms with Gasteiger partial charge in [0.2, 0.25) is 11.7 Å². The molecule has 2 heterocycles. The van der Waals surface area contributed by atoms with Gasteiger partial charge < -0.3 is 24.0 Å². The Bertz CT molecular complexity index is 983. The molecule has 3 aromatic rings. The number of benzene rings is 1. The SMILES string of the molecule is CCNC(=NCCCCCc1nc(-c2ccc(OC)cc2)no1)N(C)Cc1cccn1C.I. The van der Waals surface area contributed by atoms with Crippen LogP contribution in [0.1, 0.15) is 37.8 Å². The topological polar surface area (TPSA) is 80.7 Å². The number of hydrogen-bond donors (Lipinski definition) is 1. The summed E-state index contributed by atoms with van der Waals surface area (Å²) in [7, 11) is 5.79. The standard InChI is InChI=1S/C24H34N6O2.HI/c1-5-25-24(30(3)18-20-10-9-17-29(20)2)26-16-8-6-7-11-22-27-23(28-32-22)19-12-14-21(31-4)15-13-19;/h9-10,12-15,17H,5-8,11,16,18H2,1-4H3,(H,25,26);1H. The lowest BCUT2D eigenvalue weighted by Crippen LogP contribution is -2.38. The van der Waals surface area contributed by atoms with Gasteiger partial charge in [0.25, 0.3) is 0 Å². The molecule has 0 bridgehead atoms. The number of nitrogens with one attached hydrogen (secondary N) is 1. The number of aromatic nitrogens is 3. The number of methoxy groups -OCH3 is 1. The van der Waals surface area contributed by atoms with E-state index in [0.29, 0.717) is 11.7 Å². The molecule has 0 spiro atoms. The molecule has 0 unspecified atom stereocenters. The largest absolute Gasteiger partial charge is 0.497 e. The first-order valence-electron chi connectivity index (χ1n) is 11.2. The monoisotopic (exact) mass is 566 g/mol. The fourth-order valence-corrected chi connectivity index (χ4v) is 3.41. The molecule has 0 radical (unpaired) electrons. The first-order valence-corrected chi connectivity index (χ1v) is 11.2. The Morgan fingerprint density at radius 3 is 2.64 bits per heavy atom. The molecule has 0 saturated carbocycles. The van der Waals surface area contributed by atoms with Crippen LogP contribution in [0.4, 0.5) is 0 Å². The molecule has 33 heavy (non-hydrogen) atoms. The van der Waals surface area contributed by atoms with Gasteiger partial charge in [-0.25, -0.2) is 0 Å². The lowest BCUT2D eigenvalue weighted by Gasteiger charge is -2.22. The summed E-state index contributed by atoms with van der Waals surface area (Å²) < 4.78 is 12.7. The maximum atomic E-state index is 5.40. The molecule has 8 nitrogen and oxygen atoms in total. The number of unbranched alkanes of at least 4 members (excludes halogenated alkanes) is 2. The lowest BCUT2D eigenvalue weighted by atomic mass is 10.2. The minimum absolute atomic E-state index is 0. The number of aryl methyl sites for hydroxylation is 2. The van der Waals surface area contributed by atoms with Crippen molar-refractivity contribution in [1.29, 1.82) is 0 Å². The molecule has 0 amide bonds. The number of nitrogens with zero attached hydrogens (tertiary/aromatic N) is 5. The van der Waals surface area contributed by atoms with Crippen molar-refractivity contribution >= 4 is 29.9 Å². The van der Waals surface area contributed by atoms with Gasteiger partial charge in [0.15, 0.2) is 5.96 Å². The smallest absolute Gasteiger partial charge is 0.226 e. The van der Waals surface area contributed by atoms with Gasteiger partial charge in [-0.15, -0.1) is 24.0 Å². The van der Waals surface area contributed by atoms with Crippen molar-refractivity contribution in [1.82, 2.24) is 24.9 Å². The van der Waals surface area contributed by atoms with E-state index in [0.717, 1.165) is 62.6 Å². The van der Waals surface area contributed by atoms with Crippen LogP contribution in [0, 0.1) is 0 Å². The molecule has 0 aliphatic rings. The molecule has 180 valence electrons. The summed E-state index contributed by atoms with van der Waals surface area (Å²) >= 11 is 0. The quantitative estimate of drug-likeness (QED) is 0.159. The van der Waals surface area contributed by atoms with Crippen molar-refractivity contribution in [3.63, 3.8) is 0 Å². The number of halogens is 1. The molecular weight excluding hydrogens is 531 g/mol. The minimum Gasteiger partial charge on any atom is -0.497 e. The Morgan fingerprint density at radius 2 is 1.97 bits per heavy atom. The van der Waals surface area contributed by atoms with E-state index in [1.165, 1.54) is 5.69 Å². The van der Waals surface area contributed by atoms with Crippen LogP contribution in [0.2, 0.25) is 0 Å². The average Bonchev–Trinajstić information content (AvgIpc) is 3.44. The van der Waals surface area contributed by atoms with Crippen molar-refractivity contribution in [3.8, 4) is 17.1 Å². The summed E-state index contributed by atoms with van der Waals surface area (Å²) in [5.41, 5.74) is 2.18. The molecule has 0 fully saturated rings. The fourth-order valence-electron chi connectivity index (χ4n) is 3.41. The molecule has 0 atom stereocenters. The van der Waals surface area contributed by atoms with Gasteiger partial charge in [-0.1, -0.05) is 11.6 Å². The summed E-state index contributed by atoms with van der Waals surface area (Å²) in [5.74, 6) is 3.04. The Morgan fingerprint density at radius 1 is 1.18 bits per heavy atom. The van der Waals surface area contributed by atoms with Crippen LogP contribution in [0.15, 0.2) is 52.1 Å². The average molecular weight is 566 g/mol. The van der Waals surface area contributed by atoms with Crippen molar-refractivity contribution in [2.24, 2.45) is 12.0 Å². The van der Waals surface area contributed by atoms with E-state index in [1.54, 1.807) is 7.11 Å². The zero-order chi connectivity index (χ0) is 22.8. The van der Waals surface area contributed by atoms with Crippen LogP contribution in [0.3, 0.4) is 0 Å². The molecular formula is C24H35IN6O2. The Labute approximate surface area is 213 Å². The highest BCUT2D eigenvalue weighted by Crippen LogP contribution is 2.20. The molecule has 1 N–H and O–H groups in total. The molecule has 2 aromatic heterocycles. The predicted molar refractivity (Wildman–Crippen MR) is 142 cm³/mol. The highest BCUT2D eigenvalue weighted by Gasteiger charge is 2.10. The Kier molecular flexibility index (Phi) is 11.2.